The number of rotatable bonds is 2. The third-order valence-electron chi connectivity index (χ3n) is 4.32. The van der Waals surface area contributed by atoms with Crippen molar-refractivity contribution in [3.05, 3.63) is 29.3 Å². The number of piperidine rings is 1. The van der Waals surface area contributed by atoms with Crippen molar-refractivity contribution in [1.29, 1.82) is 0 Å². The van der Waals surface area contributed by atoms with Crippen LogP contribution >= 0.6 is 0 Å². The van der Waals surface area contributed by atoms with Gasteiger partial charge in [0.2, 0.25) is 0 Å². The van der Waals surface area contributed by atoms with E-state index in [-0.39, 0.29) is 0 Å². The van der Waals surface area contributed by atoms with Gasteiger partial charge in [0.05, 0.1) is 0 Å². The maximum absolute atomic E-state index is 10.1. The number of aryl methyl sites for hydroxylation is 1. The fourth-order valence-electron chi connectivity index (χ4n) is 3.19. The SMILES string of the molecule is Cc1ccc(C(C)N2CCC(C)CC2C)c(O)c1. The highest BCUT2D eigenvalue weighted by atomic mass is 16.3. The Hall–Kier alpha value is -1.02. The first-order valence-electron chi connectivity index (χ1n) is 7.04. The van der Waals surface area contributed by atoms with Gasteiger partial charge in [0.15, 0.2) is 0 Å². The fraction of sp³-hybridized carbons (Fsp3) is 0.625. The molecule has 1 heterocycles. The Labute approximate surface area is 111 Å². The summed E-state index contributed by atoms with van der Waals surface area (Å²) in [4.78, 5) is 2.52. The minimum absolute atomic E-state index is 0.299. The Balaban J connectivity index is 2.17. The van der Waals surface area contributed by atoms with Crippen LogP contribution in [0.2, 0.25) is 0 Å². The minimum Gasteiger partial charge on any atom is -0.508 e. The molecule has 2 heteroatoms. The van der Waals surface area contributed by atoms with Gasteiger partial charge in [-0.1, -0.05) is 19.1 Å². The molecule has 1 aliphatic rings. The molecule has 0 amide bonds. The van der Waals surface area contributed by atoms with E-state index in [1.807, 2.05) is 13.0 Å². The van der Waals surface area contributed by atoms with Gasteiger partial charge in [0.1, 0.15) is 5.75 Å². The quantitative estimate of drug-likeness (QED) is 0.857. The molecule has 0 bridgehead atoms. The topological polar surface area (TPSA) is 23.5 Å². The van der Waals surface area contributed by atoms with Crippen LogP contribution in [-0.4, -0.2) is 22.6 Å². The summed E-state index contributed by atoms with van der Waals surface area (Å²) in [6.45, 7) is 9.99. The lowest BCUT2D eigenvalue weighted by Crippen LogP contribution is -2.41. The van der Waals surface area contributed by atoms with Crippen molar-refractivity contribution < 1.29 is 5.11 Å². The molecule has 0 spiro atoms. The molecule has 3 unspecified atom stereocenters. The van der Waals surface area contributed by atoms with E-state index in [1.165, 1.54) is 12.8 Å². The van der Waals surface area contributed by atoms with Crippen molar-refractivity contribution in [2.24, 2.45) is 5.92 Å². The Morgan fingerprint density at radius 2 is 2.06 bits per heavy atom. The van der Waals surface area contributed by atoms with E-state index >= 15 is 0 Å². The van der Waals surface area contributed by atoms with Crippen LogP contribution < -0.4 is 0 Å². The van der Waals surface area contributed by atoms with E-state index in [4.69, 9.17) is 0 Å². The number of aromatic hydroxyl groups is 1. The van der Waals surface area contributed by atoms with Crippen molar-refractivity contribution in [2.45, 2.75) is 52.6 Å². The predicted octanol–water partition coefficient (Wildman–Crippen LogP) is 3.88. The molecule has 100 valence electrons. The molecule has 1 N–H and O–H groups in total. The van der Waals surface area contributed by atoms with Gasteiger partial charge in [0.25, 0.3) is 0 Å². The number of hydrogen-bond acceptors (Lipinski definition) is 2. The molecule has 1 fully saturated rings. The summed E-state index contributed by atoms with van der Waals surface area (Å²) in [5, 5.41) is 10.1. The van der Waals surface area contributed by atoms with Gasteiger partial charge in [-0.25, -0.2) is 0 Å². The molecule has 18 heavy (non-hydrogen) atoms. The Kier molecular flexibility index (Phi) is 3.96. The summed E-state index contributed by atoms with van der Waals surface area (Å²) in [5.41, 5.74) is 2.17. The Morgan fingerprint density at radius 1 is 1.33 bits per heavy atom. The van der Waals surface area contributed by atoms with Gasteiger partial charge in [-0.15, -0.1) is 0 Å². The van der Waals surface area contributed by atoms with Gasteiger partial charge < -0.3 is 5.11 Å². The summed E-state index contributed by atoms with van der Waals surface area (Å²) in [6, 6.07) is 6.92. The Morgan fingerprint density at radius 3 is 2.67 bits per heavy atom. The molecular weight excluding hydrogens is 222 g/mol. The van der Waals surface area contributed by atoms with Gasteiger partial charge in [-0.05, 0) is 57.7 Å². The molecule has 0 aliphatic carbocycles. The first-order chi connectivity index (χ1) is 8.49. The van der Waals surface area contributed by atoms with Crippen LogP contribution in [0.15, 0.2) is 18.2 Å². The smallest absolute Gasteiger partial charge is 0.120 e. The van der Waals surface area contributed by atoms with Crippen molar-refractivity contribution in [1.82, 2.24) is 4.90 Å². The van der Waals surface area contributed by atoms with Crippen LogP contribution in [0, 0.1) is 12.8 Å². The number of benzene rings is 1. The van der Waals surface area contributed by atoms with E-state index in [0.29, 0.717) is 17.8 Å². The van der Waals surface area contributed by atoms with Crippen molar-refractivity contribution in [3.8, 4) is 5.75 Å². The van der Waals surface area contributed by atoms with Crippen LogP contribution in [0.25, 0.3) is 0 Å². The van der Waals surface area contributed by atoms with Crippen LogP contribution in [0.4, 0.5) is 0 Å². The average Bonchev–Trinajstić information content (AvgIpc) is 2.28. The fourth-order valence-corrected chi connectivity index (χ4v) is 3.19. The summed E-state index contributed by atoms with van der Waals surface area (Å²) in [7, 11) is 0. The molecule has 1 saturated heterocycles. The lowest BCUT2D eigenvalue weighted by Gasteiger charge is -2.40. The molecule has 1 aromatic carbocycles. The monoisotopic (exact) mass is 247 g/mol. The number of phenols is 1. The normalized spacial score (nSPS) is 27.1. The average molecular weight is 247 g/mol. The second-order valence-electron chi connectivity index (χ2n) is 5.95. The highest BCUT2D eigenvalue weighted by molar-refractivity contribution is 5.38. The van der Waals surface area contributed by atoms with Gasteiger partial charge in [-0.2, -0.15) is 0 Å². The number of nitrogens with zero attached hydrogens (tertiary/aromatic N) is 1. The Bertz CT molecular complexity index is 416. The third-order valence-corrected chi connectivity index (χ3v) is 4.32. The van der Waals surface area contributed by atoms with Crippen LogP contribution in [0.1, 0.15) is 50.8 Å². The summed E-state index contributed by atoms with van der Waals surface area (Å²) in [5.74, 6) is 1.27. The molecule has 1 aliphatic heterocycles. The lowest BCUT2D eigenvalue weighted by molar-refractivity contribution is 0.0883. The van der Waals surface area contributed by atoms with Crippen LogP contribution in [0.3, 0.4) is 0 Å². The van der Waals surface area contributed by atoms with Gasteiger partial charge >= 0.3 is 0 Å². The number of likely N-dealkylation sites (tertiary alicyclic amines) is 1. The van der Waals surface area contributed by atoms with Crippen LogP contribution in [0.5, 0.6) is 5.75 Å². The van der Waals surface area contributed by atoms with E-state index in [0.717, 1.165) is 23.6 Å². The maximum atomic E-state index is 10.1. The second kappa shape index (κ2) is 5.31. The first kappa shape index (κ1) is 13.4. The van der Waals surface area contributed by atoms with Gasteiger partial charge in [-0.3, -0.25) is 4.90 Å². The molecular formula is C16H25NO. The molecule has 2 rings (SSSR count). The molecule has 3 atom stereocenters. The lowest BCUT2D eigenvalue weighted by atomic mass is 9.91. The molecule has 0 aromatic heterocycles. The second-order valence-corrected chi connectivity index (χ2v) is 5.95. The van der Waals surface area contributed by atoms with E-state index < -0.39 is 0 Å². The zero-order valence-corrected chi connectivity index (χ0v) is 12.0. The molecule has 1 aromatic rings. The minimum atomic E-state index is 0.299. The van der Waals surface area contributed by atoms with Crippen molar-refractivity contribution >= 4 is 0 Å². The summed E-state index contributed by atoms with van der Waals surface area (Å²) >= 11 is 0. The zero-order valence-electron chi connectivity index (χ0n) is 12.0. The van der Waals surface area contributed by atoms with E-state index in [1.54, 1.807) is 0 Å². The molecule has 0 radical (unpaired) electrons. The number of phenolic OH excluding ortho intramolecular Hbond substituents is 1. The highest BCUT2D eigenvalue weighted by Crippen LogP contribution is 2.34. The van der Waals surface area contributed by atoms with Crippen molar-refractivity contribution in [3.63, 3.8) is 0 Å². The van der Waals surface area contributed by atoms with E-state index in [2.05, 4.69) is 37.8 Å². The van der Waals surface area contributed by atoms with Crippen molar-refractivity contribution in [2.75, 3.05) is 6.54 Å². The summed E-state index contributed by atoms with van der Waals surface area (Å²) < 4.78 is 0. The number of hydrogen-bond donors (Lipinski definition) is 1. The van der Waals surface area contributed by atoms with E-state index in [9.17, 15) is 5.11 Å². The first-order valence-corrected chi connectivity index (χ1v) is 7.04. The molecule has 0 saturated carbocycles. The highest BCUT2D eigenvalue weighted by Gasteiger charge is 2.28. The standard InChI is InChI=1S/C16H25NO/c1-11-5-6-15(16(18)10-11)14(4)17-8-7-12(2)9-13(17)3/h5-6,10,12-14,18H,7-9H2,1-4H3. The third kappa shape index (κ3) is 2.69. The molecule has 2 nitrogen and oxygen atoms in total. The largest absolute Gasteiger partial charge is 0.508 e. The maximum Gasteiger partial charge on any atom is 0.120 e. The van der Waals surface area contributed by atoms with Gasteiger partial charge in [0, 0.05) is 17.6 Å². The summed E-state index contributed by atoms with van der Waals surface area (Å²) in [6.07, 6.45) is 2.53. The predicted molar refractivity (Wildman–Crippen MR) is 75.8 cm³/mol. The zero-order chi connectivity index (χ0) is 13.3. The van der Waals surface area contributed by atoms with Crippen LogP contribution in [-0.2, 0) is 0 Å².